The lowest BCUT2D eigenvalue weighted by Gasteiger charge is -2.17. The Morgan fingerprint density at radius 3 is 2.47 bits per heavy atom. The van der Waals surface area contributed by atoms with E-state index in [1.54, 1.807) is 11.3 Å². The maximum absolute atomic E-state index is 11.5. The number of carboxylic acids is 1. The molecule has 0 saturated carbocycles. The van der Waals surface area contributed by atoms with Gasteiger partial charge >= 0.3 is 12.0 Å². The van der Waals surface area contributed by atoms with Crippen LogP contribution in [0.5, 0.6) is 0 Å². The summed E-state index contributed by atoms with van der Waals surface area (Å²) in [5.41, 5.74) is 1.16. The Kier molecular flexibility index (Phi) is 5.31. The Bertz CT molecular complexity index is 451. The molecule has 0 radical (unpaired) electrons. The molecule has 1 rings (SSSR count). The summed E-state index contributed by atoms with van der Waals surface area (Å²) in [5, 5.41) is 22.8. The number of urea groups is 1. The zero-order valence-electron chi connectivity index (χ0n) is 11.1. The van der Waals surface area contributed by atoms with Crippen molar-refractivity contribution >= 4 is 23.3 Å². The molecule has 0 aliphatic carbocycles. The molecule has 106 valence electrons. The van der Waals surface area contributed by atoms with Crippen LogP contribution in [0.15, 0.2) is 6.07 Å². The van der Waals surface area contributed by atoms with Gasteiger partial charge in [-0.3, -0.25) is 0 Å². The summed E-state index contributed by atoms with van der Waals surface area (Å²) in [7, 11) is 0. The first-order valence-electron chi connectivity index (χ1n) is 5.82. The molecule has 0 aliphatic rings. The van der Waals surface area contributed by atoms with Crippen LogP contribution in [-0.4, -0.2) is 34.4 Å². The van der Waals surface area contributed by atoms with Gasteiger partial charge in [-0.25, -0.2) is 9.59 Å². The molecule has 6 nitrogen and oxygen atoms in total. The van der Waals surface area contributed by atoms with E-state index in [-0.39, 0.29) is 0 Å². The lowest BCUT2D eigenvalue weighted by molar-refractivity contribution is -0.141. The molecule has 0 spiro atoms. The predicted molar refractivity (Wildman–Crippen MR) is 72.3 cm³/mol. The first-order valence-corrected chi connectivity index (χ1v) is 6.64. The molecule has 19 heavy (non-hydrogen) atoms. The molecule has 0 aromatic carbocycles. The average molecular weight is 286 g/mol. The van der Waals surface area contributed by atoms with Crippen molar-refractivity contribution < 1.29 is 19.8 Å². The minimum atomic E-state index is -1.31. The quantitative estimate of drug-likeness (QED) is 0.649. The van der Waals surface area contributed by atoms with Crippen LogP contribution >= 0.6 is 11.3 Å². The van der Waals surface area contributed by atoms with Crippen molar-refractivity contribution in [1.82, 2.24) is 10.6 Å². The molecular weight excluding hydrogens is 268 g/mol. The summed E-state index contributed by atoms with van der Waals surface area (Å²) in [6.07, 6.45) is -1.16. The number of carbonyl (C=O) groups is 2. The van der Waals surface area contributed by atoms with E-state index in [9.17, 15) is 14.7 Å². The molecule has 0 bridgehead atoms. The summed E-state index contributed by atoms with van der Waals surface area (Å²) < 4.78 is 0. The number of hydrogen-bond donors (Lipinski definition) is 4. The number of aryl methyl sites for hydroxylation is 2. The topological polar surface area (TPSA) is 98.7 Å². The lowest BCUT2D eigenvalue weighted by Crippen LogP contribution is -2.50. The molecule has 1 heterocycles. The van der Waals surface area contributed by atoms with Crippen molar-refractivity contribution in [2.24, 2.45) is 0 Å². The molecule has 1 aromatic rings. The molecule has 7 heteroatoms. The minimum absolute atomic E-state index is 0.331. The normalized spacial score (nSPS) is 13.7. The van der Waals surface area contributed by atoms with Crippen molar-refractivity contribution in [2.75, 3.05) is 0 Å². The summed E-state index contributed by atoms with van der Waals surface area (Å²) in [4.78, 5) is 24.5. The Hall–Kier alpha value is -1.60. The van der Waals surface area contributed by atoms with E-state index in [0.717, 1.165) is 10.4 Å². The van der Waals surface area contributed by atoms with Crippen molar-refractivity contribution in [3.63, 3.8) is 0 Å². The SMILES string of the molecule is Cc1cc(CNC(=O)NC(C(=O)O)C(C)O)sc1C. The number of aliphatic hydroxyl groups excluding tert-OH is 1. The standard InChI is InChI=1S/C12H18N2O4S/c1-6-4-9(19-8(6)3)5-13-12(18)14-10(7(2)15)11(16)17/h4,7,10,15H,5H2,1-3H3,(H,16,17)(H2,13,14,18). The van der Waals surface area contributed by atoms with Gasteiger partial charge in [0, 0.05) is 9.75 Å². The fourth-order valence-corrected chi connectivity index (χ4v) is 2.48. The molecule has 2 amide bonds. The number of aliphatic carboxylic acids is 1. The molecule has 2 atom stereocenters. The van der Waals surface area contributed by atoms with Gasteiger partial charge in [0.15, 0.2) is 6.04 Å². The maximum Gasteiger partial charge on any atom is 0.328 e. The molecular formula is C12H18N2O4S. The second-order valence-electron chi connectivity index (χ2n) is 4.34. The molecule has 1 aromatic heterocycles. The predicted octanol–water partition coefficient (Wildman–Crippen LogP) is 0.998. The van der Waals surface area contributed by atoms with Crippen molar-refractivity contribution in [3.8, 4) is 0 Å². The van der Waals surface area contributed by atoms with Gasteiger partial charge in [-0.15, -0.1) is 11.3 Å². The van der Waals surface area contributed by atoms with E-state index in [4.69, 9.17) is 5.11 Å². The van der Waals surface area contributed by atoms with E-state index < -0.39 is 24.1 Å². The molecule has 0 fully saturated rings. The third kappa shape index (κ3) is 4.53. The zero-order chi connectivity index (χ0) is 14.6. The zero-order valence-corrected chi connectivity index (χ0v) is 11.9. The number of amides is 2. The maximum atomic E-state index is 11.5. The van der Waals surface area contributed by atoms with Crippen LogP contribution in [0.4, 0.5) is 4.79 Å². The van der Waals surface area contributed by atoms with Gasteiger partial charge in [0.25, 0.3) is 0 Å². The molecule has 0 aliphatic heterocycles. The number of carbonyl (C=O) groups excluding carboxylic acids is 1. The molecule has 2 unspecified atom stereocenters. The number of hydrogen-bond acceptors (Lipinski definition) is 4. The third-order valence-corrected chi connectivity index (χ3v) is 3.83. The Balaban J connectivity index is 2.49. The van der Waals surface area contributed by atoms with Crippen molar-refractivity contribution in [2.45, 2.75) is 39.5 Å². The van der Waals surface area contributed by atoms with Crippen LogP contribution in [0.2, 0.25) is 0 Å². The summed E-state index contributed by atoms with van der Waals surface area (Å²) in [6.45, 7) is 5.63. The van der Waals surface area contributed by atoms with Gasteiger partial charge in [-0.1, -0.05) is 0 Å². The number of nitrogens with one attached hydrogen (secondary N) is 2. The first-order chi connectivity index (χ1) is 8.81. The second-order valence-corrected chi connectivity index (χ2v) is 5.68. The van der Waals surface area contributed by atoms with E-state index in [0.29, 0.717) is 6.54 Å². The smallest absolute Gasteiger partial charge is 0.328 e. The summed E-state index contributed by atoms with van der Waals surface area (Å²) >= 11 is 1.58. The van der Waals surface area contributed by atoms with Gasteiger partial charge in [0.2, 0.25) is 0 Å². The lowest BCUT2D eigenvalue weighted by atomic mass is 10.2. The highest BCUT2D eigenvalue weighted by atomic mass is 32.1. The van der Waals surface area contributed by atoms with E-state index in [2.05, 4.69) is 10.6 Å². The van der Waals surface area contributed by atoms with Crippen LogP contribution in [0.1, 0.15) is 22.2 Å². The fraction of sp³-hybridized carbons (Fsp3) is 0.500. The Labute approximate surface area is 115 Å². The van der Waals surface area contributed by atoms with Gasteiger partial charge in [-0.2, -0.15) is 0 Å². The largest absolute Gasteiger partial charge is 0.480 e. The monoisotopic (exact) mass is 286 g/mol. The number of aliphatic hydroxyl groups is 1. The number of carboxylic acid groups (broad SMARTS) is 1. The fourth-order valence-electron chi connectivity index (χ4n) is 1.49. The van der Waals surface area contributed by atoms with Crippen molar-refractivity contribution in [3.05, 3.63) is 21.4 Å². The highest BCUT2D eigenvalue weighted by Crippen LogP contribution is 2.20. The first kappa shape index (κ1) is 15.5. The van der Waals surface area contributed by atoms with Gasteiger partial charge in [0.1, 0.15) is 0 Å². The van der Waals surface area contributed by atoms with E-state index in [1.807, 2.05) is 19.9 Å². The summed E-state index contributed by atoms with van der Waals surface area (Å²) in [6, 6.07) is 0.0488. The van der Waals surface area contributed by atoms with Crippen LogP contribution in [0.25, 0.3) is 0 Å². The van der Waals surface area contributed by atoms with Gasteiger partial charge < -0.3 is 20.8 Å². The van der Waals surface area contributed by atoms with Gasteiger partial charge in [0.05, 0.1) is 12.6 Å². The minimum Gasteiger partial charge on any atom is -0.480 e. The van der Waals surface area contributed by atoms with Crippen LogP contribution in [0, 0.1) is 13.8 Å². The Morgan fingerprint density at radius 2 is 2.05 bits per heavy atom. The van der Waals surface area contributed by atoms with E-state index >= 15 is 0 Å². The summed E-state index contributed by atoms with van der Waals surface area (Å²) in [5.74, 6) is -1.27. The molecule has 0 saturated heterocycles. The van der Waals surface area contributed by atoms with Crippen molar-refractivity contribution in [1.29, 1.82) is 0 Å². The molecule has 4 N–H and O–H groups in total. The Morgan fingerprint density at radius 1 is 1.42 bits per heavy atom. The van der Waals surface area contributed by atoms with Crippen LogP contribution < -0.4 is 10.6 Å². The third-order valence-electron chi connectivity index (χ3n) is 2.68. The van der Waals surface area contributed by atoms with Crippen LogP contribution in [0.3, 0.4) is 0 Å². The van der Waals surface area contributed by atoms with E-state index in [1.165, 1.54) is 11.8 Å². The van der Waals surface area contributed by atoms with Gasteiger partial charge in [-0.05, 0) is 32.4 Å². The highest BCUT2D eigenvalue weighted by molar-refractivity contribution is 7.12. The average Bonchev–Trinajstić information content (AvgIpc) is 2.62. The second kappa shape index (κ2) is 6.53. The number of thiophene rings is 1. The number of rotatable bonds is 5. The highest BCUT2D eigenvalue weighted by Gasteiger charge is 2.24. The van der Waals surface area contributed by atoms with Crippen LogP contribution in [-0.2, 0) is 11.3 Å².